The first-order valence-corrected chi connectivity index (χ1v) is 7.90. The van der Waals surface area contributed by atoms with E-state index in [1.807, 2.05) is 18.2 Å². The SMILES string of the molecule is CN=C(NCCOCc1ccccc1)NCc1ccsc1. The molecule has 0 bridgehead atoms. The van der Waals surface area contributed by atoms with E-state index in [2.05, 4.69) is 44.6 Å². The van der Waals surface area contributed by atoms with Crippen molar-refractivity contribution < 1.29 is 4.74 Å². The predicted molar refractivity (Wildman–Crippen MR) is 88.6 cm³/mol. The smallest absolute Gasteiger partial charge is 0.191 e. The van der Waals surface area contributed by atoms with Crippen molar-refractivity contribution in [3.8, 4) is 0 Å². The highest BCUT2D eigenvalue weighted by Gasteiger charge is 1.98. The van der Waals surface area contributed by atoms with Gasteiger partial charge in [-0.15, -0.1) is 0 Å². The molecule has 0 fully saturated rings. The van der Waals surface area contributed by atoms with Gasteiger partial charge in [0.1, 0.15) is 0 Å². The summed E-state index contributed by atoms with van der Waals surface area (Å²) in [5, 5.41) is 10.7. The Kier molecular flexibility index (Phi) is 6.77. The average Bonchev–Trinajstić information content (AvgIpc) is 3.04. The summed E-state index contributed by atoms with van der Waals surface area (Å²) >= 11 is 1.70. The van der Waals surface area contributed by atoms with Crippen LogP contribution in [0.15, 0.2) is 52.2 Å². The topological polar surface area (TPSA) is 45.7 Å². The van der Waals surface area contributed by atoms with Gasteiger partial charge < -0.3 is 15.4 Å². The maximum absolute atomic E-state index is 5.62. The van der Waals surface area contributed by atoms with Gasteiger partial charge in [-0.2, -0.15) is 11.3 Å². The van der Waals surface area contributed by atoms with Gasteiger partial charge in [-0.05, 0) is 28.0 Å². The molecule has 2 rings (SSSR count). The zero-order chi connectivity index (χ0) is 14.8. The summed E-state index contributed by atoms with van der Waals surface area (Å²) in [6.07, 6.45) is 0. The molecule has 0 aliphatic heterocycles. The maximum atomic E-state index is 5.62. The van der Waals surface area contributed by atoms with Crippen LogP contribution in [0.5, 0.6) is 0 Å². The quantitative estimate of drug-likeness (QED) is 0.469. The number of rotatable bonds is 7. The van der Waals surface area contributed by atoms with E-state index in [0.717, 1.165) is 19.0 Å². The molecule has 1 aromatic heterocycles. The first-order chi connectivity index (χ1) is 10.4. The fourth-order valence-corrected chi connectivity index (χ4v) is 2.47. The second kappa shape index (κ2) is 9.15. The lowest BCUT2D eigenvalue weighted by atomic mass is 10.2. The number of guanidine groups is 1. The fourth-order valence-electron chi connectivity index (χ4n) is 1.81. The monoisotopic (exact) mass is 303 g/mol. The van der Waals surface area contributed by atoms with Crippen molar-refractivity contribution >= 4 is 17.3 Å². The predicted octanol–water partition coefficient (Wildman–Crippen LogP) is 2.63. The van der Waals surface area contributed by atoms with Gasteiger partial charge in [-0.3, -0.25) is 4.99 Å². The Balaban J connectivity index is 1.58. The van der Waals surface area contributed by atoms with E-state index in [1.165, 1.54) is 11.1 Å². The van der Waals surface area contributed by atoms with Crippen LogP contribution in [-0.4, -0.2) is 26.2 Å². The van der Waals surface area contributed by atoms with Gasteiger partial charge >= 0.3 is 0 Å². The van der Waals surface area contributed by atoms with Crippen LogP contribution >= 0.6 is 11.3 Å². The number of aliphatic imine (C=N–C) groups is 1. The first kappa shape index (κ1) is 15.5. The molecular weight excluding hydrogens is 282 g/mol. The van der Waals surface area contributed by atoms with Crippen molar-refractivity contribution in [1.29, 1.82) is 0 Å². The zero-order valence-electron chi connectivity index (χ0n) is 12.2. The summed E-state index contributed by atoms with van der Waals surface area (Å²) in [5.74, 6) is 0.796. The van der Waals surface area contributed by atoms with Gasteiger partial charge in [0.05, 0.1) is 13.2 Å². The second-order valence-electron chi connectivity index (χ2n) is 4.52. The molecule has 0 spiro atoms. The van der Waals surface area contributed by atoms with Gasteiger partial charge in [0.25, 0.3) is 0 Å². The minimum Gasteiger partial charge on any atom is -0.375 e. The molecule has 21 heavy (non-hydrogen) atoms. The molecule has 0 saturated carbocycles. The Morgan fingerprint density at radius 2 is 2.00 bits per heavy atom. The third-order valence-corrected chi connectivity index (χ3v) is 3.65. The van der Waals surface area contributed by atoms with Crippen molar-refractivity contribution in [2.45, 2.75) is 13.2 Å². The maximum Gasteiger partial charge on any atom is 0.191 e. The number of nitrogens with zero attached hydrogens (tertiary/aromatic N) is 1. The molecule has 0 atom stereocenters. The Morgan fingerprint density at radius 1 is 1.14 bits per heavy atom. The number of benzene rings is 1. The van der Waals surface area contributed by atoms with Gasteiger partial charge in [-0.1, -0.05) is 30.3 Å². The summed E-state index contributed by atoms with van der Waals surface area (Å²) in [4.78, 5) is 4.19. The van der Waals surface area contributed by atoms with Crippen molar-refractivity contribution in [1.82, 2.24) is 10.6 Å². The van der Waals surface area contributed by atoms with E-state index in [4.69, 9.17) is 4.74 Å². The Morgan fingerprint density at radius 3 is 2.71 bits per heavy atom. The van der Waals surface area contributed by atoms with Gasteiger partial charge in [0, 0.05) is 20.1 Å². The number of thiophene rings is 1. The summed E-state index contributed by atoms with van der Waals surface area (Å²) in [7, 11) is 1.77. The highest BCUT2D eigenvalue weighted by Crippen LogP contribution is 2.04. The minimum atomic E-state index is 0.642. The number of nitrogens with one attached hydrogen (secondary N) is 2. The summed E-state index contributed by atoms with van der Waals surface area (Å²) in [6, 6.07) is 12.3. The van der Waals surface area contributed by atoms with Crippen LogP contribution in [-0.2, 0) is 17.9 Å². The Hall–Kier alpha value is -1.85. The van der Waals surface area contributed by atoms with E-state index in [9.17, 15) is 0 Å². The molecular formula is C16H21N3OS. The van der Waals surface area contributed by atoms with E-state index in [1.54, 1.807) is 18.4 Å². The van der Waals surface area contributed by atoms with Crippen molar-refractivity contribution in [3.63, 3.8) is 0 Å². The summed E-state index contributed by atoms with van der Waals surface area (Å²) < 4.78 is 5.62. The van der Waals surface area contributed by atoms with Gasteiger partial charge in [-0.25, -0.2) is 0 Å². The van der Waals surface area contributed by atoms with Crippen LogP contribution in [0, 0.1) is 0 Å². The third kappa shape index (κ3) is 5.97. The lowest BCUT2D eigenvalue weighted by Crippen LogP contribution is -2.38. The molecule has 0 unspecified atom stereocenters. The number of ether oxygens (including phenoxy) is 1. The molecule has 0 aliphatic carbocycles. The van der Waals surface area contributed by atoms with Crippen LogP contribution in [0.2, 0.25) is 0 Å². The van der Waals surface area contributed by atoms with Crippen molar-refractivity contribution in [2.75, 3.05) is 20.2 Å². The normalized spacial score (nSPS) is 11.4. The summed E-state index contributed by atoms with van der Waals surface area (Å²) in [5.41, 5.74) is 2.46. The highest BCUT2D eigenvalue weighted by molar-refractivity contribution is 7.07. The van der Waals surface area contributed by atoms with Crippen molar-refractivity contribution in [3.05, 3.63) is 58.3 Å². The number of hydrogen-bond donors (Lipinski definition) is 2. The van der Waals surface area contributed by atoms with Crippen LogP contribution in [0.3, 0.4) is 0 Å². The molecule has 1 aromatic carbocycles. The molecule has 2 aromatic rings. The standard InChI is InChI=1S/C16H21N3OS/c1-17-16(19-11-15-7-10-21-13-15)18-8-9-20-12-14-5-3-2-4-6-14/h2-7,10,13H,8-9,11-12H2,1H3,(H2,17,18,19). The van der Waals surface area contributed by atoms with E-state index >= 15 is 0 Å². The van der Waals surface area contributed by atoms with Crippen molar-refractivity contribution in [2.24, 2.45) is 4.99 Å². The van der Waals surface area contributed by atoms with E-state index in [0.29, 0.717) is 13.2 Å². The fraction of sp³-hybridized carbons (Fsp3) is 0.312. The Labute approximate surface area is 129 Å². The van der Waals surface area contributed by atoms with Crippen LogP contribution < -0.4 is 10.6 Å². The molecule has 0 saturated heterocycles. The zero-order valence-corrected chi connectivity index (χ0v) is 13.0. The molecule has 1 heterocycles. The van der Waals surface area contributed by atoms with Gasteiger partial charge in [0.15, 0.2) is 5.96 Å². The molecule has 0 radical (unpaired) electrons. The van der Waals surface area contributed by atoms with Crippen LogP contribution in [0.4, 0.5) is 0 Å². The lowest BCUT2D eigenvalue weighted by Gasteiger charge is -2.11. The summed E-state index contributed by atoms with van der Waals surface area (Å²) in [6.45, 7) is 2.81. The molecule has 4 nitrogen and oxygen atoms in total. The Bertz CT molecular complexity index is 526. The molecule has 0 amide bonds. The molecule has 112 valence electrons. The molecule has 2 N–H and O–H groups in total. The highest BCUT2D eigenvalue weighted by atomic mass is 32.1. The second-order valence-corrected chi connectivity index (χ2v) is 5.30. The van der Waals surface area contributed by atoms with Crippen LogP contribution in [0.1, 0.15) is 11.1 Å². The molecule has 0 aliphatic rings. The lowest BCUT2D eigenvalue weighted by molar-refractivity contribution is 0.125. The van der Waals surface area contributed by atoms with Gasteiger partial charge in [0.2, 0.25) is 0 Å². The first-order valence-electron chi connectivity index (χ1n) is 6.96. The van der Waals surface area contributed by atoms with E-state index in [-0.39, 0.29) is 0 Å². The molecule has 5 heteroatoms. The van der Waals surface area contributed by atoms with Crippen LogP contribution in [0.25, 0.3) is 0 Å². The largest absolute Gasteiger partial charge is 0.375 e. The number of hydrogen-bond acceptors (Lipinski definition) is 3. The third-order valence-electron chi connectivity index (χ3n) is 2.91. The average molecular weight is 303 g/mol. The van der Waals surface area contributed by atoms with E-state index < -0.39 is 0 Å². The minimum absolute atomic E-state index is 0.642.